The summed E-state index contributed by atoms with van der Waals surface area (Å²) in [7, 11) is 0. The molecule has 5 atom stereocenters. The summed E-state index contributed by atoms with van der Waals surface area (Å²) in [6.07, 6.45) is -4.62. The van der Waals surface area contributed by atoms with Crippen LogP contribution in [0, 0.1) is 5.92 Å². The van der Waals surface area contributed by atoms with E-state index < -0.39 is 42.6 Å². The number of aliphatic carboxylic acids is 1. The Balaban J connectivity index is 1.63. The molecule has 17 heteroatoms. The molecule has 2 amide bonds. The number of aliphatic hydroxyl groups is 3. The molecule has 0 aromatic heterocycles. The highest BCUT2D eigenvalue weighted by Crippen LogP contribution is 2.28. The van der Waals surface area contributed by atoms with Crippen molar-refractivity contribution in [2.24, 2.45) is 5.92 Å². The van der Waals surface area contributed by atoms with Crippen LogP contribution in [0.4, 0.5) is 0 Å². The quantitative estimate of drug-likeness (QED) is 0.0330. The molecule has 1 aromatic carbocycles. The van der Waals surface area contributed by atoms with Gasteiger partial charge < -0.3 is 59.5 Å². The Morgan fingerprint density at radius 3 is 2.16 bits per heavy atom. The normalized spacial score (nSPS) is 20.2. The minimum absolute atomic E-state index is 0.0200. The number of benzene rings is 1. The topological polar surface area (TPSA) is 229 Å². The summed E-state index contributed by atoms with van der Waals surface area (Å²) in [4.78, 5) is 46.6. The fourth-order valence-corrected chi connectivity index (χ4v) is 5.01. The third-order valence-electron chi connectivity index (χ3n) is 7.61. The average Bonchev–Trinajstić information content (AvgIpc) is 3.10. The first-order valence-electron chi connectivity index (χ1n) is 17.1. The highest BCUT2D eigenvalue weighted by atomic mass is 127. The van der Waals surface area contributed by atoms with Crippen molar-refractivity contribution in [3.05, 3.63) is 29.3 Å². The minimum atomic E-state index is -1.85. The number of amides is 2. The number of rotatable bonds is 26. The van der Waals surface area contributed by atoms with Gasteiger partial charge in [-0.25, -0.2) is 4.79 Å². The SMILES string of the molecule is CC(C)C(=O)OCc1cc(CCCOCCOCCOCCNC(=O)CCCCCNC(=O)CI)ccc1O[C@@H]1O[C@H](C(=O)O)[C@@H](O)[C@H](O)[C@H]1O. The Bertz CT molecular complexity index is 1210. The van der Waals surface area contributed by atoms with Gasteiger partial charge in [0.05, 0.1) is 43.4 Å². The molecule has 0 unspecified atom stereocenters. The molecule has 1 aromatic rings. The van der Waals surface area contributed by atoms with E-state index in [1.54, 1.807) is 32.0 Å². The summed E-state index contributed by atoms with van der Waals surface area (Å²) in [6.45, 7) is 6.69. The maximum Gasteiger partial charge on any atom is 0.335 e. The van der Waals surface area contributed by atoms with Crippen LogP contribution in [0.25, 0.3) is 0 Å². The number of aliphatic hydroxyl groups excluding tert-OH is 3. The zero-order chi connectivity index (χ0) is 37.6. The van der Waals surface area contributed by atoms with E-state index in [1.165, 1.54) is 0 Å². The maximum absolute atomic E-state index is 12.1. The molecule has 1 aliphatic heterocycles. The van der Waals surface area contributed by atoms with Gasteiger partial charge in [0.1, 0.15) is 30.7 Å². The number of unbranched alkanes of at least 4 members (excludes halogenated alkanes) is 2. The average molecular weight is 841 g/mol. The first-order chi connectivity index (χ1) is 24.4. The summed E-state index contributed by atoms with van der Waals surface area (Å²) in [5.41, 5.74) is 1.31. The van der Waals surface area contributed by atoms with Gasteiger partial charge in [-0.15, -0.1) is 0 Å². The number of nitrogens with one attached hydrogen (secondary N) is 2. The smallest absolute Gasteiger partial charge is 0.335 e. The standard InChI is InChI=1S/C34H53IN2O14/c1-22(2)33(45)49-21-24-19-23(9-10-25(24)50-34-30(42)28(40)29(41)31(51-34)32(43)44)7-6-13-46-15-17-48-18-16-47-14-12-37-26(38)8-4-3-5-11-36-27(39)20-35/h9-10,19,22,28-31,34,40-42H,3-8,11-18,20-21H2,1-2H3,(H,36,39)(H,37,38)(H,43,44)/t28-,29-,30+,31-,34+/m0/s1. The zero-order valence-corrected chi connectivity index (χ0v) is 31.4. The molecule has 51 heavy (non-hydrogen) atoms. The molecule has 0 bridgehead atoms. The predicted octanol–water partition coefficient (Wildman–Crippen LogP) is 0.867. The van der Waals surface area contributed by atoms with E-state index in [4.69, 9.17) is 28.4 Å². The molecule has 0 radical (unpaired) electrons. The molecule has 2 rings (SSSR count). The van der Waals surface area contributed by atoms with E-state index in [-0.39, 0.29) is 30.1 Å². The van der Waals surface area contributed by atoms with Crippen molar-refractivity contribution in [1.82, 2.24) is 10.6 Å². The first-order valence-corrected chi connectivity index (χ1v) is 18.7. The Morgan fingerprint density at radius 2 is 1.49 bits per heavy atom. The van der Waals surface area contributed by atoms with Gasteiger partial charge in [0, 0.05) is 31.7 Å². The minimum Gasteiger partial charge on any atom is -0.479 e. The van der Waals surface area contributed by atoms with Crippen molar-refractivity contribution in [2.75, 3.05) is 57.2 Å². The van der Waals surface area contributed by atoms with Crippen LogP contribution in [0.5, 0.6) is 5.75 Å². The van der Waals surface area contributed by atoms with Crippen molar-refractivity contribution < 1.29 is 68.0 Å². The molecule has 1 aliphatic rings. The second kappa shape index (κ2) is 25.3. The van der Waals surface area contributed by atoms with Crippen LogP contribution in [0.2, 0.25) is 0 Å². The summed E-state index contributed by atoms with van der Waals surface area (Å²) >= 11 is 2.01. The van der Waals surface area contributed by atoms with E-state index in [1.807, 2.05) is 22.6 Å². The van der Waals surface area contributed by atoms with E-state index in [2.05, 4.69) is 10.6 Å². The Kier molecular flexibility index (Phi) is 22.1. The number of ether oxygens (including phenoxy) is 6. The number of carboxylic acids is 1. The lowest BCUT2D eigenvalue weighted by atomic mass is 9.99. The summed E-state index contributed by atoms with van der Waals surface area (Å²) in [6, 6.07) is 5.08. The molecule has 16 nitrogen and oxygen atoms in total. The van der Waals surface area contributed by atoms with E-state index >= 15 is 0 Å². The van der Waals surface area contributed by atoms with Crippen LogP contribution in [0.1, 0.15) is 57.1 Å². The lowest BCUT2D eigenvalue weighted by Crippen LogP contribution is -2.61. The number of alkyl halides is 1. The number of hydrogen-bond acceptors (Lipinski definition) is 13. The summed E-state index contributed by atoms with van der Waals surface area (Å²) in [5.74, 6) is -2.19. The largest absolute Gasteiger partial charge is 0.479 e. The van der Waals surface area contributed by atoms with Crippen molar-refractivity contribution >= 4 is 46.3 Å². The highest BCUT2D eigenvalue weighted by molar-refractivity contribution is 14.1. The van der Waals surface area contributed by atoms with Crippen LogP contribution in [0.3, 0.4) is 0 Å². The Labute approximate surface area is 312 Å². The molecule has 0 spiro atoms. The van der Waals surface area contributed by atoms with Crippen molar-refractivity contribution in [2.45, 2.75) is 89.7 Å². The van der Waals surface area contributed by atoms with Gasteiger partial charge in [0.2, 0.25) is 18.1 Å². The van der Waals surface area contributed by atoms with Crippen LogP contribution in [-0.4, -0.2) is 132 Å². The molecular formula is C34H53IN2O14. The Hall–Kier alpha value is -2.65. The Morgan fingerprint density at radius 1 is 0.824 bits per heavy atom. The monoisotopic (exact) mass is 840 g/mol. The van der Waals surface area contributed by atoms with Gasteiger partial charge in [-0.05, 0) is 43.4 Å². The van der Waals surface area contributed by atoms with Crippen molar-refractivity contribution in [1.29, 1.82) is 0 Å². The van der Waals surface area contributed by atoms with Gasteiger partial charge in [-0.2, -0.15) is 0 Å². The fourth-order valence-electron chi connectivity index (χ4n) is 4.74. The lowest BCUT2D eigenvalue weighted by molar-refractivity contribution is -0.271. The molecule has 0 saturated carbocycles. The van der Waals surface area contributed by atoms with Crippen LogP contribution >= 0.6 is 22.6 Å². The number of aryl methyl sites for hydroxylation is 1. The molecule has 290 valence electrons. The first kappa shape index (κ1) is 44.5. The summed E-state index contributed by atoms with van der Waals surface area (Å²) < 4.78 is 33.4. The van der Waals surface area contributed by atoms with Crippen molar-refractivity contribution in [3.63, 3.8) is 0 Å². The van der Waals surface area contributed by atoms with Gasteiger partial charge >= 0.3 is 11.9 Å². The zero-order valence-electron chi connectivity index (χ0n) is 29.3. The third kappa shape index (κ3) is 17.6. The van der Waals surface area contributed by atoms with Crippen LogP contribution in [-0.2, 0) is 55.9 Å². The lowest BCUT2D eigenvalue weighted by Gasteiger charge is -2.38. The highest BCUT2D eigenvalue weighted by Gasteiger charge is 2.48. The van der Waals surface area contributed by atoms with Gasteiger partial charge in [0.25, 0.3) is 0 Å². The number of hydrogen-bond donors (Lipinski definition) is 6. The number of carbonyl (C=O) groups excluding carboxylic acids is 3. The molecule has 1 fully saturated rings. The van der Waals surface area contributed by atoms with Gasteiger partial charge in [-0.1, -0.05) is 48.9 Å². The number of carboxylic acid groups (broad SMARTS) is 1. The molecule has 1 saturated heterocycles. The maximum atomic E-state index is 12.1. The fraction of sp³-hybridized carbons (Fsp3) is 0.706. The van der Waals surface area contributed by atoms with Crippen molar-refractivity contribution in [3.8, 4) is 5.75 Å². The number of carbonyl (C=O) groups is 4. The number of esters is 1. The molecule has 1 heterocycles. The van der Waals surface area contributed by atoms with E-state index in [0.29, 0.717) is 82.0 Å². The second-order valence-corrected chi connectivity index (χ2v) is 12.9. The predicted molar refractivity (Wildman–Crippen MR) is 190 cm³/mol. The number of halogens is 1. The third-order valence-corrected chi connectivity index (χ3v) is 8.31. The van der Waals surface area contributed by atoms with E-state index in [9.17, 15) is 39.6 Å². The van der Waals surface area contributed by atoms with Crippen LogP contribution < -0.4 is 15.4 Å². The molecule has 0 aliphatic carbocycles. The molecule has 6 N–H and O–H groups in total. The second-order valence-electron chi connectivity index (χ2n) is 12.1. The van der Waals surface area contributed by atoms with Gasteiger partial charge in [0.15, 0.2) is 6.10 Å². The molecular weight excluding hydrogens is 787 g/mol. The van der Waals surface area contributed by atoms with E-state index in [0.717, 1.165) is 24.8 Å². The van der Waals surface area contributed by atoms with Crippen LogP contribution in [0.15, 0.2) is 18.2 Å². The summed E-state index contributed by atoms with van der Waals surface area (Å²) in [5, 5.41) is 45.4. The van der Waals surface area contributed by atoms with Gasteiger partial charge in [-0.3, -0.25) is 14.4 Å².